The second kappa shape index (κ2) is 8.03. The van der Waals surface area contributed by atoms with Crippen LogP contribution in [0.4, 0.5) is 11.4 Å². The molecule has 26 heavy (non-hydrogen) atoms. The van der Waals surface area contributed by atoms with E-state index in [0.29, 0.717) is 26.8 Å². The van der Waals surface area contributed by atoms with E-state index in [0.717, 1.165) is 5.56 Å². The van der Waals surface area contributed by atoms with Gasteiger partial charge in [0, 0.05) is 11.3 Å². The van der Waals surface area contributed by atoms with Crippen LogP contribution >= 0.6 is 22.9 Å². The first kappa shape index (κ1) is 18.0. The Hall–Kier alpha value is -2.83. The second-order valence-electron chi connectivity index (χ2n) is 5.52. The van der Waals surface area contributed by atoms with Crippen molar-refractivity contribution in [3.8, 4) is 0 Å². The number of carbonyl (C=O) groups excluding carboxylic acids is 2. The third-order valence-electron chi connectivity index (χ3n) is 3.68. The summed E-state index contributed by atoms with van der Waals surface area (Å²) in [5, 5.41) is 5.02. The monoisotopic (exact) mass is 385 g/mol. The number of hydrazine groups is 1. The number of carbonyl (C=O) groups is 2. The molecule has 0 aliphatic heterocycles. The van der Waals surface area contributed by atoms with Gasteiger partial charge in [0.15, 0.2) is 0 Å². The van der Waals surface area contributed by atoms with Crippen LogP contribution in [0.2, 0.25) is 5.02 Å². The summed E-state index contributed by atoms with van der Waals surface area (Å²) in [6, 6.07) is 16.1. The molecule has 7 heteroatoms. The summed E-state index contributed by atoms with van der Waals surface area (Å²) in [4.78, 5) is 24.7. The van der Waals surface area contributed by atoms with Gasteiger partial charge in [-0.1, -0.05) is 29.8 Å². The molecule has 0 aliphatic carbocycles. The Balaban J connectivity index is 1.58. The standard InChI is InChI=1S/C19H16ClN3O2S/c1-12-4-2-3-5-15(12)18(24)21-13-6-8-14(9-7-13)22-23-19(25)17-16(20)10-11-26-17/h2-11,22H,1H3,(H,21,24)(H,23,25). The molecule has 3 N–H and O–H groups in total. The molecule has 2 aromatic carbocycles. The molecule has 0 fully saturated rings. The van der Waals surface area contributed by atoms with Gasteiger partial charge in [-0.15, -0.1) is 11.3 Å². The highest BCUT2D eigenvalue weighted by Gasteiger charge is 2.11. The predicted molar refractivity (Wildman–Crippen MR) is 106 cm³/mol. The second-order valence-corrected chi connectivity index (χ2v) is 6.85. The van der Waals surface area contributed by atoms with Crippen molar-refractivity contribution in [3.05, 3.63) is 81.0 Å². The Morgan fingerprint density at radius 1 is 0.923 bits per heavy atom. The first-order valence-corrected chi connectivity index (χ1v) is 9.07. The first-order valence-electron chi connectivity index (χ1n) is 7.81. The Labute approximate surface area is 160 Å². The van der Waals surface area contributed by atoms with Gasteiger partial charge in [0.05, 0.1) is 10.7 Å². The number of amides is 2. The van der Waals surface area contributed by atoms with Gasteiger partial charge < -0.3 is 5.32 Å². The third-order valence-corrected chi connectivity index (χ3v) is 5.02. The van der Waals surface area contributed by atoms with Crippen molar-refractivity contribution in [2.24, 2.45) is 0 Å². The molecule has 0 aliphatic rings. The van der Waals surface area contributed by atoms with Crippen LogP contribution in [0.15, 0.2) is 60.0 Å². The summed E-state index contributed by atoms with van der Waals surface area (Å²) < 4.78 is 0. The van der Waals surface area contributed by atoms with Gasteiger partial charge in [0.1, 0.15) is 4.88 Å². The Morgan fingerprint density at radius 2 is 1.62 bits per heavy atom. The highest BCUT2D eigenvalue weighted by atomic mass is 35.5. The lowest BCUT2D eigenvalue weighted by Crippen LogP contribution is -2.28. The molecule has 1 heterocycles. The van der Waals surface area contributed by atoms with Gasteiger partial charge in [-0.05, 0) is 54.3 Å². The zero-order valence-corrected chi connectivity index (χ0v) is 15.4. The molecule has 3 aromatic rings. The van der Waals surface area contributed by atoms with Crippen LogP contribution in [0.3, 0.4) is 0 Å². The van der Waals surface area contributed by atoms with Crippen molar-refractivity contribution in [1.82, 2.24) is 5.43 Å². The number of thiophene rings is 1. The van der Waals surface area contributed by atoms with Crippen molar-refractivity contribution in [3.63, 3.8) is 0 Å². The van der Waals surface area contributed by atoms with Crippen LogP contribution < -0.4 is 16.2 Å². The number of benzene rings is 2. The van der Waals surface area contributed by atoms with E-state index in [1.165, 1.54) is 11.3 Å². The SMILES string of the molecule is Cc1ccccc1C(=O)Nc1ccc(NNC(=O)c2sccc2Cl)cc1. The molecule has 132 valence electrons. The summed E-state index contributed by atoms with van der Waals surface area (Å²) in [7, 11) is 0. The van der Waals surface area contributed by atoms with Crippen molar-refractivity contribution in [2.75, 3.05) is 10.7 Å². The summed E-state index contributed by atoms with van der Waals surface area (Å²) in [6.07, 6.45) is 0. The molecular weight excluding hydrogens is 370 g/mol. The van der Waals surface area contributed by atoms with Gasteiger partial charge in [-0.2, -0.15) is 0 Å². The van der Waals surface area contributed by atoms with E-state index >= 15 is 0 Å². The van der Waals surface area contributed by atoms with E-state index in [1.54, 1.807) is 41.8 Å². The van der Waals surface area contributed by atoms with Gasteiger partial charge in [-0.3, -0.25) is 20.4 Å². The summed E-state index contributed by atoms with van der Waals surface area (Å²) >= 11 is 7.20. The van der Waals surface area contributed by atoms with Crippen LogP contribution in [0.1, 0.15) is 25.6 Å². The Kier molecular flexibility index (Phi) is 5.55. The van der Waals surface area contributed by atoms with E-state index in [1.807, 2.05) is 25.1 Å². The molecule has 1 aromatic heterocycles. The van der Waals surface area contributed by atoms with E-state index in [9.17, 15) is 9.59 Å². The van der Waals surface area contributed by atoms with Crippen molar-refractivity contribution in [2.45, 2.75) is 6.92 Å². The molecule has 0 atom stereocenters. The zero-order valence-electron chi connectivity index (χ0n) is 13.9. The minimum atomic E-state index is -0.304. The van der Waals surface area contributed by atoms with Gasteiger partial charge in [0.25, 0.3) is 11.8 Å². The molecule has 0 saturated heterocycles. The van der Waals surface area contributed by atoms with Crippen molar-refractivity contribution >= 4 is 46.1 Å². The topological polar surface area (TPSA) is 70.2 Å². The van der Waals surface area contributed by atoms with Crippen LogP contribution in [-0.2, 0) is 0 Å². The predicted octanol–water partition coefficient (Wildman–Crippen LogP) is 4.72. The van der Waals surface area contributed by atoms with Gasteiger partial charge >= 0.3 is 0 Å². The minimum Gasteiger partial charge on any atom is -0.322 e. The third kappa shape index (κ3) is 4.22. The zero-order chi connectivity index (χ0) is 18.5. The number of hydrogen-bond donors (Lipinski definition) is 3. The summed E-state index contributed by atoms with van der Waals surface area (Å²) in [6.45, 7) is 1.89. The summed E-state index contributed by atoms with van der Waals surface area (Å²) in [5.74, 6) is -0.466. The number of halogens is 1. The average Bonchev–Trinajstić information content (AvgIpc) is 3.07. The quantitative estimate of drug-likeness (QED) is 0.556. The Bertz CT molecular complexity index is 938. The number of aryl methyl sites for hydroxylation is 1. The minimum absolute atomic E-state index is 0.163. The highest BCUT2D eigenvalue weighted by molar-refractivity contribution is 7.12. The molecule has 0 radical (unpaired) electrons. The first-order chi connectivity index (χ1) is 12.5. The lowest BCUT2D eigenvalue weighted by atomic mass is 10.1. The maximum absolute atomic E-state index is 12.3. The number of nitrogens with one attached hydrogen (secondary N) is 3. The van der Waals surface area contributed by atoms with Crippen molar-refractivity contribution in [1.29, 1.82) is 0 Å². The molecule has 0 unspecified atom stereocenters. The van der Waals surface area contributed by atoms with E-state index in [-0.39, 0.29) is 11.8 Å². The number of rotatable bonds is 5. The number of hydrogen-bond acceptors (Lipinski definition) is 4. The van der Waals surface area contributed by atoms with E-state index < -0.39 is 0 Å². The molecular formula is C19H16ClN3O2S. The molecule has 3 rings (SSSR count). The van der Waals surface area contributed by atoms with Crippen LogP contribution in [0, 0.1) is 6.92 Å². The lowest BCUT2D eigenvalue weighted by Gasteiger charge is -2.10. The fourth-order valence-electron chi connectivity index (χ4n) is 2.30. The molecule has 0 spiro atoms. The summed E-state index contributed by atoms with van der Waals surface area (Å²) in [5.41, 5.74) is 8.30. The van der Waals surface area contributed by atoms with Crippen LogP contribution in [0.25, 0.3) is 0 Å². The van der Waals surface area contributed by atoms with Crippen LogP contribution in [-0.4, -0.2) is 11.8 Å². The maximum Gasteiger partial charge on any atom is 0.281 e. The fourth-order valence-corrected chi connectivity index (χ4v) is 3.34. The van der Waals surface area contributed by atoms with Crippen molar-refractivity contribution < 1.29 is 9.59 Å². The van der Waals surface area contributed by atoms with Gasteiger partial charge in [0.2, 0.25) is 0 Å². The van der Waals surface area contributed by atoms with Crippen LogP contribution in [0.5, 0.6) is 0 Å². The lowest BCUT2D eigenvalue weighted by molar-refractivity contribution is 0.0965. The van der Waals surface area contributed by atoms with E-state index in [2.05, 4.69) is 16.2 Å². The van der Waals surface area contributed by atoms with E-state index in [4.69, 9.17) is 11.6 Å². The average molecular weight is 386 g/mol. The fraction of sp³-hybridized carbons (Fsp3) is 0.0526. The van der Waals surface area contributed by atoms with Gasteiger partial charge in [-0.25, -0.2) is 0 Å². The highest BCUT2D eigenvalue weighted by Crippen LogP contribution is 2.22. The Morgan fingerprint density at radius 3 is 2.27 bits per heavy atom. The normalized spacial score (nSPS) is 10.2. The molecule has 2 amide bonds. The largest absolute Gasteiger partial charge is 0.322 e. The maximum atomic E-state index is 12.3. The molecule has 5 nitrogen and oxygen atoms in total. The molecule has 0 bridgehead atoms. The number of anilines is 2. The molecule has 0 saturated carbocycles. The smallest absolute Gasteiger partial charge is 0.281 e.